The third kappa shape index (κ3) is 2.27. The molecule has 0 radical (unpaired) electrons. The molecule has 1 heterocycles. The number of benzene rings is 2. The number of nitrogens with zero attached hydrogens (tertiary/aromatic N) is 1. The minimum absolute atomic E-state index is 0.162. The van der Waals surface area contributed by atoms with Gasteiger partial charge < -0.3 is 4.98 Å². The molecule has 0 aliphatic carbocycles. The summed E-state index contributed by atoms with van der Waals surface area (Å²) in [6.45, 7) is 1.69. The monoisotopic (exact) mass is 282 g/mol. The van der Waals surface area contributed by atoms with Crippen molar-refractivity contribution in [1.82, 2.24) is 4.98 Å². The lowest BCUT2D eigenvalue weighted by Gasteiger charge is -2.04. The fourth-order valence-corrected chi connectivity index (χ4v) is 2.53. The van der Waals surface area contributed by atoms with E-state index in [0.717, 1.165) is 22.3 Å². The van der Waals surface area contributed by atoms with Crippen LogP contribution in [0.5, 0.6) is 0 Å². The highest BCUT2D eigenvalue weighted by molar-refractivity contribution is 5.91. The van der Waals surface area contributed by atoms with Gasteiger partial charge in [-0.15, -0.1) is 0 Å². The largest absolute Gasteiger partial charge is 0.354 e. The number of nitriles is 1. The van der Waals surface area contributed by atoms with Crippen molar-refractivity contribution in [3.05, 3.63) is 59.2 Å². The molecule has 1 N–H and O–H groups in total. The van der Waals surface area contributed by atoms with E-state index in [1.165, 1.54) is 18.2 Å². The van der Waals surface area contributed by atoms with Crippen molar-refractivity contribution in [2.45, 2.75) is 13.3 Å². The van der Waals surface area contributed by atoms with Crippen LogP contribution in [-0.4, -0.2) is 4.98 Å². The molecule has 21 heavy (non-hydrogen) atoms. The second-order valence-corrected chi connectivity index (χ2v) is 4.97. The van der Waals surface area contributed by atoms with Crippen molar-refractivity contribution in [3.8, 4) is 17.3 Å². The van der Waals surface area contributed by atoms with E-state index < -0.39 is 0 Å². The van der Waals surface area contributed by atoms with Crippen molar-refractivity contribution < 1.29 is 8.78 Å². The second kappa shape index (κ2) is 5.02. The van der Waals surface area contributed by atoms with E-state index >= 15 is 0 Å². The number of fused-ring (bicyclic) bond motifs is 1. The molecule has 0 atom stereocenters. The molecule has 2 aromatic carbocycles. The number of nitrogens with one attached hydrogen (secondary N) is 1. The summed E-state index contributed by atoms with van der Waals surface area (Å²) in [5.74, 6) is -0.620. The molecule has 0 spiro atoms. The van der Waals surface area contributed by atoms with Crippen molar-refractivity contribution >= 4 is 10.9 Å². The lowest BCUT2D eigenvalue weighted by atomic mass is 10.0. The van der Waals surface area contributed by atoms with Gasteiger partial charge in [0.1, 0.15) is 11.6 Å². The Balaban J connectivity index is 2.28. The van der Waals surface area contributed by atoms with Crippen LogP contribution in [0.4, 0.5) is 8.78 Å². The van der Waals surface area contributed by atoms with E-state index in [0.29, 0.717) is 10.9 Å². The van der Waals surface area contributed by atoms with Crippen LogP contribution in [0.15, 0.2) is 36.4 Å². The first-order chi connectivity index (χ1) is 10.1. The zero-order valence-electron chi connectivity index (χ0n) is 11.4. The first kappa shape index (κ1) is 13.3. The summed E-state index contributed by atoms with van der Waals surface area (Å²) in [4.78, 5) is 3.20. The standard InChI is InChI=1S/C17H12F2N2/c1-10-8-11(2-4-15(10)19)17-13(6-7-20)14-9-12(18)3-5-16(14)21-17/h2-5,8-9,21H,6H2,1H3. The molecule has 0 unspecified atom stereocenters. The van der Waals surface area contributed by atoms with E-state index in [1.807, 2.05) is 0 Å². The molecule has 1 aromatic heterocycles. The lowest BCUT2D eigenvalue weighted by Crippen LogP contribution is -1.89. The van der Waals surface area contributed by atoms with Crippen molar-refractivity contribution in [2.24, 2.45) is 0 Å². The van der Waals surface area contributed by atoms with Crippen LogP contribution in [0, 0.1) is 29.9 Å². The van der Waals surface area contributed by atoms with Crippen LogP contribution in [0.25, 0.3) is 22.2 Å². The Morgan fingerprint density at radius 2 is 1.95 bits per heavy atom. The van der Waals surface area contributed by atoms with Crippen LogP contribution >= 0.6 is 0 Å². The number of hydrogen-bond acceptors (Lipinski definition) is 1. The lowest BCUT2D eigenvalue weighted by molar-refractivity contribution is 0.618. The van der Waals surface area contributed by atoms with Gasteiger partial charge in [-0.3, -0.25) is 0 Å². The number of halogens is 2. The predicted octanol–water partition coefficient (Wildman–Crippen LogP) is 4.49. The SMILES string of the molecule is Cc1cc(-c2[nH]c3ccc(F)cc3c2CC#N)ccc1F. The highest BCUT2D eigenvalue weighted by atomic mass is 19.1. The number of aromatic amines is 1. The Morgan fingerprint density at radius 3 is 2.67 bits per heavy atom. The molecule has 104 valence electrons. The molecule has 0 saturated carbocycles. The van der Waals surface area contributed by atoms with Gasteiger partial charge in [0.05, 0.1) is 18.2 Å². The van der Waals surface area contributed by atoms with Crippen molar-refractivity contribution in [1.29, 1.82) is 5.26 Å². The molecule has 0 saturated heterocycles. The number of H-pyrrole nitrogens is 1. The van der Waals surface area contributed by atoms with Crippen LogP contribution < -0.4 is 0 Å². The van der Waals surface area contributed by atoms with Gasteiger partial charge in [-0.2, -0.15) is 5.26 Å². The molecule has 0 amide bonds. The van der Waals surface area contributed by atoms with E-state index in [-0.39, 0.29) is 18.1 Å². The van der Waals surface area contributed by atoms with Gasteiger partial charge >= 0.3 is 0 Å². The van der Waals surface area contributed by atoms with Gasteiger partial charge in [0.25, 0.3) is 0 Å². The molecule has 2 nitrogen and oxygen atoms in total. The van der Waals surface area contributed by atoms with Crippen LogP contribution in [0.1, 0.15) is 11.1 Å². The number of hydrogen-bond donors (Lipinski definition) is 1. The van der Waals surface area contributed by atoms with E-state index in [9.17, 15) is 8.78 Å². The van der Waals surface area contributed by atoms with Crippen molar-refractivity contribution in [2.75, 3.05) is 0 Å². The van der Waals surface area contributed by atoms with Gasteiger partial charge in [-0.05, 0) is 60.0 Å². The first-order valence-corrected chi connectivity index (χ1v) is 6.53. The summed E-state index contributed by atoms with van der Waals surface area (Å²) in [6.07, 6.45) is 0.162. The van der Waals surface area contributed by atoms with E-state index in [4.69, 9.17) is 5.26 Å². The fourth-order valence-electron chi connectivity index (χ4n) is 2.53. The van der Waals surface area contributed by atoms with Gasteiger partial charge in [-0.1, -0.05) is 0 Å². The fraction of sp³-hybridized carbons (Fsp3) is 0.118. The average molecular weight is 282 g/mol. The minimum atomic E-state index is -0.345. The Morgan fingerprint density at radius 1 is 1.14 bits per heavy atom. The van der Waals surface area contributed by atoms with Crippen LogP contribution in [-0.2, 0) is 6.42 Å². The Hall–Kier alpha value is -2.67. The zero-order chi connectivity index (χ0) is 15.0. The molecular formula is C17H12F2N2. The number of aryl methyl sites for hydroxylation is 1. The maximum Gasteiger partial charge on any atom is 0.126 e. The quantitative estimate of drug-likeness (QED) is 0.739. The third-order valence-corrected chi connectivity index (χ3v) is 3.57. The molecule has 4 heteroatoms. The minimum Gasteiger partial charge on any atom is -0.354 e. The zero-order valence-corrected chi connectivity index (χ0v) is 11.4. The second-order valence-electron chi connectivity index (χ2n) is 4.97. The number of aromatic nitrogens is 1. The van der Waals surface area contributed by atoms with Crippen LogP contribution in [0.3, 0.4) is 0 Å². The molecule has 0 bridgehead atoms. The van der Waals surface area contributed by atoms with Crippen LogP contribution in [0.2, 0.25) is 0 Å². The summed E-state index contributed by atoms with van der Waals surface area (Å²) in [5, 5.41) is 9.71. The van der Waals surface area contributed by atoms with Gasteiger partial charge in [-0.25, -0.2) is 8.78 Å². The van der Waals surface area contributed by atoms with E-state index in [1.54, 1.807) is 25.1 Å². The molecule has 0 fully saturated rings. The number of rotatable bonds is 2. The normalized spacial score (nSPS) is 10.8. The van der Waals surface area contributed by atoms with E-state index in [2.05, 4.69) is 11.1 Å². The molecule has 3 aromatic rings. The Kier molecular flexibility index (Phi) is 3.19. The molecule has 3 rings (SSSR count). The summed E-state index contributed by atoms with van der Waals surface area (Å²) in [6, 6.07) is 11.3. The topological polar surface area (TPSA) is 39.6 Å². The van der Waals surface area contributed by atoms with Gasteiger partial charge in [0.2, 0.25) is 0 Å². The van der Waals surface area contributed by atoms with Gasteiger partial charge in [0, 0.05) is 10.9 Å². The summed E-state index contributed by atoms with van der Waals surface area (Å²) < 4.78 is 26.8. The summed E-state index contributed by atoms with van der Waals surface area (Å²) in [7, 11) is 0. The molecule has 0 aliphatic rings. The van der Waals surface area contributed by atoms with Crippen molar-refractivity contribution in [3.63, 3.8) is 0 Å². The maximum atomic E-state index is 13.4. The van der Waals surface area contributed by atoms with Gasteiger partial charge in [0.15, 0.2) is 0 Å². The molecular weight excluding hydrogens is 270 g/mol. The maximum absolute atomic E-state index is 13.4. The first-order valence-electron chi connectivity index (χ1n) is 6.53. The summed E-state index contributed by atoms with van der Waals surface area (Å²) in [5.41, 5.74) is 3.55. The summed E-state index contributed by atoms with van der Waals surface area (Å²) >= 11 is 0. The third-order valence-electron chi connectivity index (χ3n) is 3.57. The average Bonchev–Trinajstić information content (AvgIpc) is 2.81. The highest BCUT2D eigenvalue weighted by Crippen LogP contribution is 2.32. The smallest absolute Gasteiger partial charge is 0.126 e. The predicted molar refractivity (Wildman–Crippen MR) is 77.7 cm³/mol. The Labute approximate surface area is 120 Å². The highest BCUT2D eigenvalue weighted by Gasteiger charge is 2.14. The Bertz CT molecular complexity index is 872. The molecule has 0 aliphatic heterocycles.